The number of hydrogen-bond donors (Lipinski definition) is 3. The van der Waals surface area contributed by atoms with E-state index >= 15 is 0 Å². The van der Waals surface area contributed by atoms with Crippen LogP contribution < -0.4 is 10.6 Å². The van der Waals surface area contributed by atoms with Crippen molar-refractivity contribution in [3.05, 3.63) is 72.3 Å². The summed E-state index contributed by atoms with van der Waals surface area (Å²) in [6.45, 7) is 5.81. The average molecular weight is 479 g/mol. The molecule has 2 atom stereocenters. The first-order chi connectivity index (χ1) is 16.9. The fourth-order valence-corrected chi connectivity index (χ4v) is 4.50. The summed E-state index contributed by atoms with van der Waals surface area (Å²) in [5.41, 5.74) is 4.56. The van der Waals surface area contributed by atoms with Crippen molar-refractivity contribution in [2.24, 2.45) is 0 Å². The van der Waals surface area contributed by atoms with E-state index in [9.17, 15) is 19.5 Å². The molecule has 0 bridgehead atoms. The van der Waals surface area contributed by atoms with Gasteiger partial charge >= 0.3 is 12.1 Å². The van der Waals surface area contributed by atoms with Gasteiger partial charge in [0.2, 0.25) is 5.91 Å². The van der Waals surface area contributed by atoms with E-state index < -0.39 is 30.1 Å². The maximum atomic E-state index is 12.7. The third kappa shape index (κ3) is 6.94. The van der Waals surface area contributed by atoms with Crippen LogP contribution in [0.15, 0.2) is 61.2 Å². The number of amides is 2. The van der Waals surface area contributed by atoms with E-state index in [2.05, 4.69) is 41.5 Å². The van der Waals surface area contributed by atoms with Crippen LogP contribution in [0.3, 0.4) is 0 Å². The summed E-state index contributed by atoms with van der Waals surface area (Å²) in [7, 11) is 0. The zero-order chi connectivity index (χ0) is 25.2. The summed E-state index contributed by atoms with van der Waals surface area (Å²) in [5.74, 6) is -1.55. The first-order valence-electron chi connectivity index (χ1n) is 12.2. The number of carboxylic acid groups (broad SMARTS) is 1. The Bertz CT molecular complexity index is 1010. The van der Waals surface area contributed by atoms with Crippen LogP contribution in [0.25, 0.3) is 11.1 Å². The second kappa shape index (κ2) is 12.7. The van der Waals surface area contributed by atoms with Crippen molar-refractivity contribution in [2.45, 2.75) is 63.5 Å². The van der Waals surface area contributed by atoms with Gasteiger partial charge in [-0.1, -0.05) is 74.4 Å². The molecule has 0 aromatic heterocycles. The molecule has 2 amide bonds. The van der Waals surface area contributed by atoms with Crippen LogP contribution in [0, 0.1) is 0 Å². The highest BCUT2D eigenvalue weighted by atomic mass is 16.5. The van der Waals surface area contributed by atoms with Gasteiger partial charge in [0, 0.05) is 18.4 Å². The molecule has 1 aliphatic rings. The molecule has 0 saturated carbocycles. The van der Waals surface area contributed by atoms with Crippen molar-refractivity contribution in [3.8, 4) is 11.1 Å². The maximum absolute atomic E-state index is 12.7. The molecule has 2 aromatic carbocycles. The number of aliphatic carboxylic acids is 1. The molecule has 0 spiro atoms. The molecule has 0 radical (unpaired) electrons. The Hall–Kier alpha value is -3.61. The number of fused-ring (bicyclic) bond motifs is 3. The molecule has 2 aromatic rings. The Morgan fingerprint density at radius 3 is 2.23 bits per heavy atom. The Morgan fingerprint density at radius 2 is 1.66 bits per heavy atom. The Kier molecular flexibility index (Phi) is 9.47. The van der Waals surface area contributed by atoms with Crippen LogP contribution in [0.5, 0.6) is 0 Å². The highest BCUT2D eigenvalue weighted by Gasteiger charge is 2.29. The van der Waals surface area contributed by atoms with Crippen LogP contribution >= 0.6 is 0 Å². The Labute approximate surface area is 206 Å². The molecule has 35 heavy (non-hydrogen) atoms. The summed E-state index contributed by atoms with van der Waals surface area (Å²) in [6.07, 6.45) is 4.09. The quantitative estimate of drug-likeness (QED) is 0.351. The zero-order valence-electron chi connectivity index (χ0n) is 20.2. The van der Waals surface area contributed by atoms with Gasteiger partial charge in [0.05, 0.1) is 0 Å². The standard InChI is InChI=1S/C28H34N2O5/c1-3-5-11-19(17-26(31)30-25(27(32)33)16-6-4-2)29-28(34)35-18-24-22-14-9-7-12-20(22)21-13-8-10-15-23(21)24/h4,7-10,12-15,19,24-25H,2-3,5-6,11,16-18H2,1H3,(H,29,34)(H,30,31)(H,32,33)/t19-,25?/m1/s1. The summed E-state index contributed by atoms with van der Waals surface area (Å²) < 4.78 is 5.62. The van der Waals surface area contributed by atoms with Crippen molar-refractivity contribution in [2.75, 3.05) is 6.61 Å². The topological polar surface area (TPSA) is 105 Å². The highest BCUT2D eigenvalue weighted by molar-refractivity contribution is 5.84. The number of alkyl carbamates (subject to hydrolysis) is 1. The number of ether oxygens (including phenoxy) is 1. The van der Waals surface area contributed by atoms with Gasteiger partial charge < -0.3 is 20.5 Å². The molecule has 0 saturated heterocycles. The van der Waals surface area contributed by atoms with Gasteiger partial charge in [0.15, 0.2) is 0 Å². The number of carboxylic acids is 1. The molecule has 7 nitrogen and oxygen atoms in total. The van der Waals surface area contributed by atoms with E-state index in [0.29, 0.717) is 12.8 Å². The maximum Gasteiger partial charge on any atom is 0.407 e. The molecule has 0 aliphatic heterocycles. The van der Waals surface area contributed by atoms with E-state index in [1.54, 1.807) is 6.08 Å². The smallest absolute Gasteiger partial charge is 0.407 e. The van der Waals surface area contributed by atoms with E-state index in [-0.39, 0.29) is 25.4 Å². The van der Waals surface area contributed by atoms with Crippen LogP contribution in [-0.4, -0.2) is 41.8 Å². The fraction of sp³-hybridized carbons (Fsp3) is 0.393. The third-order valence-corrected chi connectivity index (χ3v) is 6.30. The van der Waals surface area contributed by atoms with Crippen molar-refractivity contribution in [3.63, 3.8) is 0 Å². The average Bonchev–Trinajstić information content (AvgIpc) is 3.17. The summed E-state index contributed by atoms with van der Waals surface area (Å²) in [4.78, 5) is 36.6. The van der Waals surface area contributed by atoms with Crippen LogP contribution in [0.4, 0.5) is 4.79 Å². The molecule has 186 valence electrons. The monoisotopic (exact) mass is 478 g/mol. The van der Waals surface area contributed by atoms with Crippen molar-refractivity contribution >= 4 is 18.0 Å². The number of carbonyl (C=O) groups excluding carboxylic acids is 2. The zero-order valence-corrected chi connectivity index (χ0v) is 20.2. The predicted octanol–water partition coefficient (Wildman–Crippen LogP) is 5.01. The minimum atomic E-state index is -1.09. The Morgan fingerprint density at radius 1 is 1.03 bits per heavy atom. The van der Waals surface area contributed by atoms with Gasteiger partial charge in [-0.25, -0.2) is 9.59 Å². The van der Waals surface area contributed by atoms with Gasteiger partial charge in [-0.15, -0.1) is 6.58 Å². The Balaban J connectivity index is 1.59. The lowest BCUT2D eigenvalue weighted by Crippen LogP contribution is -2.45. The normalized spacial score (nSPS) is 13.7. The number of rotatable bonds is 13. The first-order valence-corrected chi connectivity index (χ1v) is 12.2. The van der Waals surface area contributed by atoms with Gasteiger partial charge in [0.1, 0.15) is 12.6 Å². The molecular formula is C28H34N2O5. The third-order valence-electron chi connectivity index (χ3n) is 6.30. The number of carbonyl (C=O) groups is 3. The molecule has 0 fully saturated rings. The predicted molar refractivity (Wildman–Crippen MR) is 135 cm³/mol. The first kappa shape index (κ1) is 26.0. The van der Waals surface area contributed by atoms with Crippen LogP contribution in [0.1, 0.15) is 62.5 Å². The number of hydrogen-bond acceptors (Lipinski definition) is 4. The molecule has 3 N–H and O–H groups in total. The molecule has 1 aliphatic carbocycles. The van der Waals surface area contributed by atoms with Gasteiger partial charge in [-0.2, -0.15) is 0 Å². The number of nitrogens with one attached hydrogen (secondary N) is 2. The minimum absolute atomic E-state index is 0.0118. The van der Waals surface area contributed by atoms with E-state index in [1.807, 2.05) is 31.2 Å². The second-order valence-corrected chi connectivity index (χ2v) is 8.84. The van der Waals surface area contributed by atoms with Crippen LogP contribution in [0.2, 0.25) is 0 Å². The molecule has 0 heterocycles. The minimum Gasteiger partial charge on any atom is -0.480 e. The van der Waals surface area contributed by atoms with E-state index in [4.69, 9.17) is 4.74 Å². The summed E-state index contributed by atoms with van der Waals surface area (Å²) in [6, 6.07) is 14.8. The number of allylic oxidation sites excluding steroid dienone is 1. The van der Waals surface area contributed by atoms with E-state index in [1.165, 1.54) is 0 Å². The van der Waals surface area contributed by atoms with Crippen LogP contribution in [-0.2, 0) is 14.3 Å². The summed E-state index contributed by atoms with van der Waals surface area (Å²) in [5, 5.41) is 14.7. The van der Waals surface area contributed by atoms with Crippen molar-refractivity contribution in [1.82, 2.24) is 10.6 Å². The highest BCUT2D eigenvalue weighted by Crippen LogP contribution is 2.44. The lowest BCUT2D eigenvalue weighted by molar-refractivity contribution is -0.142. The molecule has 3 rings (SSSR count). The summed E-state index contributed by atoms with van der Waals surface area (Å²) >= 11 is 0. The molecule has 7 heteroatoms. The lowest BCUT2D eigenvalue weighted by Gasteiger charge is -2.21. The number of unbranched alkanes of at least 4 members (excludes halogenated alkanes) is 1. The number of benzene rings is 2. The molecular weight excluding hydrogens is 444 g/mol. The molecule has 1 unspecified atom stereocenters. The van der Waals surface area contributed by atoms with Gasteiger partial charge in [-0.3, -0.25) is 4.79 Å². The van der Waals surface area contributed by atoms with Crippen molar-refractivity contribution in [1.29, 1.82) is 0 Å². The van der Waals surface area contributed by atoms with E-state index in [0.717, 1.165) is 35.1 Å². The largest absolute Gasteiger partial charge is 0.480 e. The SMILES string of the molecule is C=CCCC(NC(=O)C[C@@H](CCCC)NC(=O)OCC1c2ccccc2-c2ccccc21)C(=O)O. The van der Waals surface area contributed by atoms with Gasteiger partial charge in [0.25, 0.3) is 0 Å². The van der Waals surface area contributed by atoms with Crippen molar-refractivity contribution < 1.29 is 24.2 Å². The van der Waals surface area contributed by atoms with Gasteiger partial charge in [-0.05, 0) is 41.5 Å². The fourth-order valence-electron chi connectivity index (χ4n) is 4.50. The second-order valence-electron chi connectivity index (χ2n) is 8.84. The lowest BCUT2D eigenvalue weighted by atomic mass is 9.98.